The monoisotopic (exact) mass is 346 g/mol. The molecule has 0 nitrogen and oxygen atoms in total. The summed E-state index contributed by atoms with van der Waals surface area (Å²) < 4.78 is 12.8. The van der Waals surface area contributed by atoms with Crippen LogP contribution >= 0.6 is 39.1 Å². The van der Waals surface area contributed by atoms with Crippen molar-refractivity contribution in [3.05, 3.63) is 69.5 Å². The Morgan fingerprint density at radius 3 is 2.39 bits per heavy atom. The zero-order valence-corrected chi connectivity index (χ0v) is 12.4. The number of benzene rings is 2. The molecule has 0 N–H and O–H groups in total. The van der Waals surface area contributed by atoms with Gasteiger partial charge in [0.05, 0.1) is 0 Å². The fraction of sp³-hybridized carbons (Fsp3) is 0.143. The molecule has 18 heavy (non-hydrogen) atoms. The van der Waals surface area contributed by atoms with Gasteiger partial charge in [-0.05, 0) is 47.9 Å². The first kappa shape index (κ1) is 13.9. The van der Waals surface area contributed by atoms with Crippen LogP contribution in [0, 0.1) is 5.82 Å². The van der Waals surface area contributed by atoms with Crippen molar-refractivity contribution in [2.75, 3.05) is 0 Å². The molecular formula is C14H10BrCl2F. The summed E-state index contributed by atoms with van der Waals surface area (Å²) in [5, 5.41) is 1.32. The minimum absolute atomic E-state index is 0.0501. The lowest BCUT2D eigenvalue weighted by molar-refractivity contribution is 0.627. The Morgan fingerprint density at radius 1 is 1.06 bits per heavy atom. The Hall–Kier alpha value is -0.570. The zero-order chi connectivity index (χ0) is 13.1. The standard InChI is InChI=1S/C14H10BrCl2F/c15-13(7-9-1-4-11(18)5-2-9)12-8-10(16)3-6-14(12)17/h1-6,8,13H,7H2. The van der Waals surface area contributed by atoms with Crippen LogP contribution in [0.15, 0.2) is 42.5 Å². The molecule has 0 fully saturated rings. The second-order valence-corrected chi connectivity index (χ2v) is 5.91. The van der Waals surface area contributed by atoms with E-state index in [4.69, 9.17) is 23.2 Å². The van der Waals surface area contributed by atoms with Gasteiger partial charge in [0.25, 0.3) is 0 Å². The third kappa shape index (κ3) is 3.47. The summed E-state index contributed by atoms with van der Waals surface area (Å²) in [7, 11) is 0. The lowest BCUT2D eigenvalue weighted by Crippen LogP contribution is -1.96. The molecule has 0 bridgehead atoms. The molecule has 94 valence electrons. The number of alkyl halides is 1. The lowest BCUT2D eigenvalue weighted by atomic mass is 10.0. The maximum Gasteiger partial charge on any atom is 0.123 e. The van der Waals surface area contributed by atoms with E-state index in [-0.39, 0.29) is 10.6 Å². The molecule has 0 aliphatic rings. The van der Waals surface area contributed by atoms with E-state index in [2.05, 4.69) is 15.9 Å². The Balaban J connectivity index is 2.18. The predicted octanol–water partition coefficient (Wildman–Crippen LogP) is 5.81. The maximum atomic E-state index is 12.8. The molecule has 0 saturated heterocycles. The highest BCUT2D eigenvalue weighted by molar-refractivity contribution is 9.09. The van der Waals surface area contributed by atoms with E-state index in [0.717, 1.165) is 17.5 Å². The fourth-order valence-electron chi connectivity index (χ4n) is 1.69. The van der Waals surface area contributed by atoms with Crippen LogP contribution in [0.2, 0.25) is 10.0 Å². The highest BCUT2D eigenvalue weighted by Gasteiger charge is 2.12. The van der Waals surface area contributed by atoms with E-state index in [1.54, 1.807) is 24.3 Å². The molecule has 0 radical (unpaired) electrons. The van der Waals surface area contributed by atoms with Gasteiger partial charge in [-0.2, -0.15) is 0 Å². The van der Waals surface area contributed by atoms with E-state index < -0.39 is 0 Å². The molecule has 0 aliphatic heterocycles. The fourth-order valence-corrected chi connectivity index (χ4v) is 3.01. The third-order valence-corrected chi connectivity index (χ3v) is 4.02. The van der Waals surface area contributed by atoms with Crippen molar-refractivity contribution >= 4 is 39.1 Å². The molecule has 2 aromatic carbocycles. The van der Waals surface area contributed by atoms with Gasteiger partial charge in [-0.1, -0.05) is 51.3 Å². The van der Waals surface area contributed by atoms with Crippen molar-refractivity contribution in [2.45, 2.75) is 11.2 Å². The molecule has 0 heterocycles. The first-order chi connectivity index (χ1) is 8.56. The van der Waals surface area contributed by atoms with Gasteiger partial charge in [0, 0.05) is 14.9 Å². The van der Waals surface area contributed by atoms with E-state index in [1.165, 1.54) is 12.1 Å². The minimum atomic E-state index is -0.231. The molecule has 0 aromatic heterocycles. The molecule has 0 aliphatic carbocycles. The van der Waals surface area contributed by atoms with E-state index in [1.807, 2.05) is 6.07 Å². The van der Waals surface area contributed by atoms with Gasteiger partial charge in [0.2, 0.25) is 0 Å². The van der Waals surface area contributed by atoms with Gasteiger partial charge < -0.3 is 0 Å². The van der Waals surface area contributed by atoms with Crippen LogP contribution in [0.1, 0.15) is 16.0 Å². The van der Waals surface area contributed by atoms with Crippen LogP contribution in [0.3, 0.4) is 0 Å². The molecule has 0 saturated carbocycles. The predicted molar refractivity (Wildman–Crippen MR) is 78.2 cm³/mol. The van der Waals surface area contributed by atoms with Crippen LogP contribution < -0.4 is 0 Å². The maximum absolute atomic E-state index is 12.8. The van der Waals surface area contributed by atoms with Crippen LogP contribution in [-0.4, -0.2) is 0 Å². The van der Waals surface area contributed by atoms with Crippen LogP contribution in [0.5, 0.6) is 0 Å². The van der Waals surface area contributed by atoms with E-state index in [0.29, 0.717) is 10.0 Å². The van der Waals surface area contributed by atoms with E-state index >= 15 is 0 Å². The number of hydrogen-bond donors (Lipinski definition) is 0. The van der Waals surface area contributed by atoms with Gasteiger partial charge in [0.15, 0.2) is 0 Å². The Bertz CT molecular complexity index is 540. The van der Waals surface area contributed by atoms with Crippen molar-refractivity contribution in [3.63, 3.8) is 0 Å². The van der Waals surface area contributed by atoms with Crippen molar-refractivity contribution < 1.29 is 4.39 Å². The summed E-state index contributed by atoms with van der Waals surface area (Å²) in [6.45, 7) is 0. The van der Waals surface area contributed by atoms with E-state index in [9.17, 15) is 4.39 Å². The topological polar surface area (TPSA) is 0 Å². The smallest absolute Gasteiger partial charge is 0.123 e. The number of halogens is 4. The van der Waals surface area contributed by atoms with Crippen molar-refractivity contribution in [2.24, 2.45) is 0 Å². The van der Waals surface area contributed by atoms with Crippen molar-refractivity contribution in [1.29, 1.82) is 0 Å². The molecule has 1 unspecified atom stereocenters. The summed E-state index contributed by atoms with van der Waals surface area (Å²) in [6, 6.07) is 11.8. The Kier molecular flexibility index (Phi) is 4.66. The van der Waals surface area contributed by atoms with Gasteiger partial charge in [0.1, 0.15) is 5.82 Å². The average molecular weight is 348 g/mol. The summed E-state index contributed by atoms with van der Waals surface area (Å²) in [5.41, 5.74) is 1.97. The van der Waals surface area contributed by atoms with Gasteiger partial charge >= 0.3 is 0 Å². The largest absolute Gasteiger partial charge is 0.207 e. The minimum Gasteiger partial charge on any atom is -0.207 e. The first-order valence-electron chi connectivity index (χ1n) is 5.40. The first-order valence-corrected chi connectivity index (χ1v) is 7.07. The second-order valence-electron chi connectivity index (χ2n) is 3.96. The molecule has 1 atom stereocenters. The van der Waals surface area contributed by atoms with Crippen LogP contribution in [-0.2, 0) is 6.42 Å². The van der Waals surface area contributed by atoms with Crippen LogP contribution in [0.25, 0.3) is 0 Å². The molecule has 2 rings (SSSR count). The normalized spacial score (nSPS) is 12.4. The average Bonchev–Trinajstić information content (AvgIpc) is 2.35. The zero-order valence-electron chi connectivity index (χ0n) is 9.34. The second kappa shape index (κ2) is 6.05. The summed E-state index contributed by atoms with van der Waals surface area (Å²) in [4.78, 5) is 0.0501. The highest BCUT2D eigenvalue weighted by Crippen LogP contribution is 2.34. The molecule has 0 spiro atoms. The van der Waals surface area contributed by atoms with Crippen molar-refractivity contribution in [3.8, 4) is 0 Å². The highest BCUT2D eigenvalue weighted by atomic mass is 79.9. The van der Waals surface area contributed by atoms with Gasteiger partial charge in [-0.3, -0.25) is 0 Å². The Labute approximate surface area is 124 Å². The lowest BCUT2D eigenvalue weighted by Gasteiger charge is -2.12. The summed E-state index contributed by atoms with van der Waals surface area (Å²) in [6.07, 6.45) is 0.723. The van der Waals surface area contributed by atoms with Crippen molar-refractivity contribution in [1.82, 2.24) is 0 Å². The third-order valence-electron chi connectivity index (χ3n) is 2.62. The summed E-state index contributed by atoms with van der Waals surface area (Å²) in [5.74, 6) is -0.231. The molecular weight excluding hydrogens is 338 g/mol. The Morgan fingerprint density at radius 2 is 1.72 bits per heavy atom. The summed E-state index contributed by atoms with van der Waals surface area (Å²) >= 11 is 15.7. The molecule has 0 amide bonds. The number of hydrogen-bond acceptors (Lipinski definition) is 0. The van der Waals surface area contributed by atoms with Crippen LogP contribution in [0.4, 0.5) is 4.39 Å². The SMILES string of the molecule is Fc1ccc(CC(Br)c2cc(Cl)ccc2Cl)cc1. The van der Waals surface area contributed by atoms with Gasteiger partial charge in [-0.15, -0.1) is 0 Å². The molecule has 4 heteroatoms. The van der Waals surface area contributed by atoms with Gasteiger partial charge in [-0.25, -0.2) is 4.39 Å². The quantitative estimate of drug-likeness (QED) is 0.614. The molecule has 2 aromatic rings. The number of rotatable bonds is 3.